The second-order valence-electron chi connectivity index (χ2n) is 4.34. The minimum atomic E-state index is -0.587. The number of benzene rings is 1. The van der Waals surface area contributed by atoms with Crippen molar-refractivity contribution in [1.29, 1.82) is 0 Å². The maximum Gasteiger partial charge on any atom is 0.257 e. The van der Waals surface area contributed by atoms with Crippen LogP contribution in [-0.2, 0) is 11.3 Å². The Kier molecular flexibility index (Phi) is 4.05. The Labute approximate surface area is 116 Å². The minimum absolute atomic E-state index is 0.182. The number of para-hydroxylation sites is 1. The van der Waals surface area contributed by atoms with Crippen molar-refractivity contribution < 1.29 is 14.0 Å². The van der Waals surface area contributed by atoms with Crippen LogP contribution in [0.25, 0.3) is 0 Å². The van der Waals surface area contributed by atoms with Gasteiger partial charge in [-0.3, -0.25) is 9.59 Å². The van der Waals surface area contributed by atoms with E-state index in [1.165, 1.54) is 23.5 Å². The number of carbonyl (C=O) groups is 2. The molecule has 0 spiro atoms. The van der Waals surface area contributed by atoms with Crippen LogP contribution in [-0.4, -0.2) is 23.3 Å². The predicted octanol–water partition coefficient (Wildman–Crippen LogP) is 0.989. The molecule has 104 valence electrons. The first-order chi connectivity index (χ1) is 9.58. The van der Waals surface area contributed by atoms with Gasteiger partial charge in [-0.25, -0.2) is 0 Å². The molecule has 4 N–H and O–H groups in total. The number of rotatable bonds is 5. The van der Waals surface area contributed by atoms with Crippen molar-refractivity contribution in [2.75, 3.05) is 12.3 Å². The molecule has 0 unspecified atom stereocenters. The number of anilines is 1. The van der Waals surface area contributed by atoms with E-state index in [1.807, 2.05) is 6.07 Å². The van der Waals surface area contributed by atoms with Crippen molar-refractivity contribution in [3.8, 4) is 0 Å². The van der Waals surface area contributed by atoms with E-state index in [0.29, 0.717) is 11.3 Å². The highest BCUT2D eigenvalue weighted by molar-refractivity contribution is 5.96. The lowest BCUT2D eigenvalue weighted by atomic mass is 10.1. The SMILES string of the molecule is NC(=O)CN(Cc1ccccc1N)C(=O)c1ccoc1. The zero-order valence-corrected chi connectivity index (χ0v) is 10.8. The maximum absolute atomic E-state index is 12.3. The normalized spacial score (nSPS) is 10.2. The number of hydrogen-bond donors (Lipinski definition) is 2. The van der Waals surface area contributed by atoms with Gasteiger partial charge < -0.3 is 20.8 Å². The molecular weight excluding hydrogens is 258 g/mol. The van der Waals surface area contributed by atoms with Crippen LogP contribution >= 0.6 is 0 Å². The molecule has 0 aliphatic carbocycles. The van der Waals surface area contributed by atoms with E-state index >= 15 is 0 Å². The van der Waals surface area contributed by atoms with Gasteiger partial charge in [-0.15, -0.1) is 0 Å². The third kappa shape index (κ3) is 3.17. The molecule has 1 aromatic carbocycles. The molecule has 6 heteroatoms. The summed E-state index contributed by atoms with van der Waals surface area (Å²) in [6, 6.07) is 8.68. The van der Waals surface area contributed by atoms with E-state index in [4.69, 9.17) is 15.9 Å². The Balaban J connectivity index is 2.22. The Morgan fingerprint density at radius 2 is 1.95 bits per heavy atom. The molecule has 0 saturated carbocycles. The topological polar surface area (TPSA) is 103 Å². The van der Waals surface area contributed by atoms with E-state index in [0.717, 1.165) is 5.56 Å². The zero-order valence-electron chi connectivity index (χ0n) is 10.8. The molecule has 1 aromatic heterocycles. The van der Waals surface area contributed by atoms with Gasteiger partial charge >= 0.3 is 0 Å². The first-order valence-corrected chi connectivity index (χ1v) is 6.01. The summed E-state index contributed by atoms with van der Waals surface area (Å²) < 4.78 is 4.88. The third-order valence-corrected chi connectivity index (χ3v) is 2.82. The second-order valence-corrected chi connectivity index (χ2v) is 4.34. The molecular formula is C14H15N3O3. The van der Waals surface area contributed by atoms with E-state index in [9.17, 15) is 9.59 Å². The van der Waals surface area contributed by atoms with Crippen molar-refractivity contribution in [3.05, 3.63) is 54.0 Å². The molecule has 20 heavy (non-hydrogen) atoms. The number of carbonyl (C=O) groups excluding carboxylic acids is 2. The summed E-state index contributed by atoms with van der Waals surface area (Å²) in [4.78, 5) is 24.7. The van der Waals surface area contributed by atoms with Crippen LogP contribution in [0.4, 0.5) is 5.69 Å². The average Bonchev–Trinajstić information content (AvgIpc) is 2.93. The van der Waals surface area contributed by atoms with Crippen LogP contribution in [0.3, 0.4) is 0 Å². The molecule has 2 rings (SSSR count). The van der Waals surface area contributed by atoms with Crippen LogP contribution < -0.4 is 11.5 Å². The second kappa shape index (κ2) is 5.92. The maximum atomic E-state index is 12.3. The van der Waals surface area contributed by atoms with Gasteiger partial charge in [0.25, 0.3) is 5.91 Å². The minimum Gasteiger partial charge on any atom is -0.472 e. The van der Waals surface area contributed by atoms with Crippen molar-refractivity contribution in [2.45, 2.75) is 6.54 Å². The number of primary amides is 1. The largest absolute Gasteiger partial charge is 0.472 e. The molecule has 0 fully saturated rings. The molecule has 0 aliphatic heterocycles. The van der Waals surface area contributed by atoms with Gasteiger partial charge in [0, 0.05) is 12.2 Å². The van der Waals surface area contributed by atoms with Crippen LogP contribution in [0, 0.1) is 0 Å². The lowest BCUT2D eigenvalue weighted by molar-refractivity contribution is -0.118. The fraction of sp³-hybridized carbons (Fsp3) is 0.143. The summed E-state index contributed by atoms with van der Waals surface area (Å²) in [6.45, 7) is 0.0258. The molecule has 1 heterocycles. The molecule has 0 bridgehead atoms. The van der Waals surface area contributed by atoms with E-state index < -0.39 is 5.91 Å². The fourth-order valence-electron chi connectivity index (χ4n) is 1.84. The number of furan rings is 1. The highest BCUT2D eigenvalue weighted by Gasteiger charge is 2.19. The van der Waals surface area contributed by atoms with Crippen molar-refractivity contribution in [2.24, 2.45) is 5.73 Å². The lowest BCUT2D eigenvalue weighted by Crippen LogP contribution is -2.38. The van der Waals surface area contributed by atoms with E-state index in [-0.39, 0.29) is 19.0 Å². The van der Waals surface area contributed by atoms with Crippen LogP contribution in [0.1, 0.15) is 15.9 Å². The summed E-state index contributed by atoms with van der Waals surface area (Å²) in [5.41, 5.74) is 12.7. The molecule has 0 aliphatic rings. The molecule has 2 aromatic rings. The van der Waals surface area contributed by atoms with Gasteiger partial charge in [0.05, 0.1) is 18.4 Å². The van der Waals surface area contributed by atoms with Gasteiger partial charge in [-0.1, -0.05) is 18.2 Å². The molecule has 0 saturated heterocycles. The average molecular weight is 273 g/mol. The van der Waals surface area contributed by atoms with Crippen LogP contribution in [0.2, 0.25) is 0 Å². The Hall–Kier alpha value is -2.76. The van der Waals surface area contributed by atoms with Gasteiger partial charge in [0.15, 0.2) is 0 Å². The zero-order chi connectivity index (χ0) is 14.5. The van der Waals surface area contributed by atoms with Crippen molar-refractivity contribution in [3.63, 3.8) is 0 Å². The van der Waals surface area contributed by atoms with Crippen molar-refractivity contribution >= 4 is 17.5 Å². The summed E-state index contributed by atoms with van der Waals surface area (Å²) >= 11 is 0. The highest BCUT2D eigenvalue weighted by Crippen LogP contribution is 2.15. The summed E-state index contributed by atoms with van der Waals surface area (Å²) in [7, 11) is 0. The molecule has 6 nitrogen and oxygen atoms in total. The quantitative estimate of drug-likeness (QED) is 0.793. The third-order valence-electron chi connectivity index (χ3n) is 2.82. The summed E-state index contributed by atoms with van der Waals surface area (Å²) in [5.74, 6) is -0.919. The van der Waals surface area contributed by atoms with Crippen molar-refractivity contribution in [1.82, 2.24) is 4.90 Å². The summed E-state index contributed by atoms with van der Waals surface area (Å²) in [5, 5.41) is 0. The monoisotopic (exact) mass is 273 g/mol. The molecule has 2 amide bonds. The van der Waals surface area contributed by atoms with E-state index in [2.05, 4.69) is 0 Å². The molecule has 0 radical (unpaired) electrons. The number of nitrogen functional groups attached to an aromatic ring is 1. The number of nitrogens with two attached hydrogens (primary N) is 2. The van der Waals surface area contributed by atoms with Gasteiger partial charge in [-0.2, -0.15) is 0 Å². The van der Waals surface area contributed by atoms with Crippen LogP contribution in [0.5, 0.6) is 0 Å². The Morgan fingerprint density at radius 1 is 1.20 bits per heavy atom. The fourth-order valence-corrected chi connectivity index (χ4v) is 1.84. The standard InChI is InChI=1S/C14H15N3O3/c15-12-4-2-1-3-10(12)7-17(8-13(16)18)14(19)11-5-6-20-9-11/h1-6,9H,7-8,15H2,(H2,16,18). The van der Waals surface area contributed by atoms with Gasteiger partial charge in [-0.05, 0) is 17.7 Å². The highest BCUT2D eigenvalue weighted by atomic mass is 16.3. The summed E-state index contributed by atoms with van der Waals surface area (Å²) in [6.07, 6.45) is 2.72. The van der Waals surface area contributed by atoms with Gasteiger partial charge in [0.1, 0.15) is 6.26 Å². The number of amides is 2. The number of nitrogens with zero attached hydrogens (tertiary/aromatic N) is 1. The Bertz CT molecular complexity index is 608. The smallest absolute Gasteiger partial charge is 0.257 e. The molecule has 0 atom stereocenters. The lowest BCUT2D eigenvalue weighted by Gasteiger charge is -2.21. The van der Waals surface area contributed by atoms with Gasteiger partial charge in [0.2, 0.25) is 5.91 Å². The van der Waals surface area contributed by atoms with Crippen LogP contribution in [0.15, 0.2) is 47.3 Å². The predicted molar refractivity (Wildman–Crippen MR) is 73.5 cm³/mol. The first kappa shape index (κ1) is 13.7. The number of hydrogen-bond acceptors (Lipinski definition) is 4. The van der Waals surface area contributed by atoms with E-state index in [1.54, 1.807) is 18.2 Å². The Morgan fingerprint density at radius 3 is 2.55 bits per heavy atom. The first-order valence-electron chi connectivity index (χ1n) is 6.01.